The minimum absolute atomic E-state index is 0.233. The van der Waals surface area contributed by atoms with Crippen LogP contribution in [0.25, 0.3) is 6.08 Å². The summed E-state index contributed by atoms with van der Waals surface area (Å²) in [5, 5.41) is 0.490. The molecule has 32 heavy (non-hydrogen) atoms. The van der Waals surface area contributed by atoms with Gasteiger partial charge in [0.05, 0.1) is 15.6 Å². The number of halogens is 4. The number of benzene rings is 3. The van der Waals surface area contributed by atoms with Gasteiger partial charge < -0.3 is 4.74 Å². The smallest absolute Gasteiger partial charge is 0.270 e. The number of thiocarbonyl (C=S) groups is 1. The predicted molar refractivity (Wildman–Crippen MR) is 140 cm³/mol. The first-order valence-electron chi connectivity index (χ1n) is 9.21. The van der Waals surface area contributed by atoms with Crippen molar-refractivity contribution in [2.24, 2.45) is 0 Å². The molecule has 0 radical (unpaired) electrons. The van der Waals surface area contributed by atoms with Gasteiger partial charge in [-0.15, -0.1) is 0 Å². The Labute approximate surface area is 215 Å². The first-order chi connectivity index (χ1) is 15.3. The average Bonchev–Trinajstić information content (AvgIpc) is 3.03. The van der Waals surface area contributed by atoms with E-state index in [9.17, 15) is 9.18 Å². The Morgan fingerprint density at radius 3 is 2.56 bits per heavy atom. The molecule has 3 aromatic carbocycles. The largest absolute Gasteiger partial charge is 0.488 e. The van der Waals surface area contributed by atoms with Crippen molar-refractivity contribution >= 4 is 89.4 Å². The Kier molecular flexibility index (Phi) is 7.37. The van der Waals surface area contributed by atoms with E-state index < -0.39 is 0 Å². The van der Waals surface area contributed by atoms with E-state index in [4.69, 9.17) is 28.6 Å². The molecule has 162 valence electrons. The molecule has 3 nitrogen and oxygen atoms in total. The van der Waals surface area contributed by atoms with E-state index in [-0.39, 0.29) is 18.3 Å². The van der Waals surface area contributed by atoms with Gasteiger partial charge in [0.2, 0.25) is 0 Å². The van der Waals surface area contributed by atoms with Crippen LogP contribution in [0.15, 0.2) is 74.5 Å². The number of thioether (sulfide) groups is 1. The lowest BCUT2D eigenvalue weighted by Crippen LogP contribution is -2.27. The van der Waals surface area contributed by atoms with Gasteiger partial charge in [0.1, 0.15) is 18.2 Å². The molecule has 1 saturated heterocycles. The highest BCUT2D eigenvalue weighted by Gasteiger charge is 2.33. The molecule has 4 rings (SSSR count). The zero-order valence-corrected chi connectivity index (χ0v) is 21.7. The monoisotopic (exact) mass is 611 g/mol. The van der Waals surface area contributed by atoms with Crippen molar-refractivity contribution in [3.05, 3.63) is 96.5 Å². The highest BCUT2D eigenvalue weighted by Crippen LogP contribution is 2.39. The molecule has 1 fully saturated rings. The standard InChI is InChI=1S/C23H13Br2ClFNO2S2/c24-15-3-8-20(30-12-13-1-4-16(27)5-2-13)14(9-15)10-21-22(29)28(23(31)32-21)17-6-7-18(25)19(26)11-17/h1-11H,12H2/b21-10-. The molecule has 0 spiro atoms. The third kappa shape index (κ3) is 5.26. The minimum Gasteiger partial charge on any atom is -0.488 e. The predicted octanol–water partition coefficient (Wildman–Crippen LogP) is 7.99. The molecule has 1 aliphatic heterocycles. The Balaban J connectivity index is 1.60. The SMILES string of the molecule is O=C1/C(=C/c2cc(Br)ccc2OCc2ccc(F)cc2)SC(=S)N1c1ccc(Br)c(Cl)c1. The molecule has 1 amide bonds. The van der Waals surface area contributed by atoms with Crippen molar-refractivity contribution in [1.82, 2.24) is 0 Å². The molecule has 0 bridgehead atoms. The number of carbonyl (C=O) groups is 1. The van der Waals surface area contributed by atoms with E-state index in [1.807, 2.05) is 18.2 Å². The summed E-state index contributed by atoms with van der Waals surface area (Å²) in [5.41, 5.74) is 2.15. The Hall–Kier alpha value is -1.71. The van der Waals surface area contributed by atoms with E-state index >= 15 is 0 Å². The highest BCUT2D eigenvalue weighted by molar-refractivity contribution is 9.10. The van der Waals surface area contributed by atoms with Gasteiger partial charge in [0.25, 0.3) is 5.91 Å². The molecule has 0 N–H and O–H groups in total. The van der Waals surface area contributed by atoms with Crippen LogP contribution in [0.3, 0.4) is 0 Å². The number of amides is 1. The van der Waals surface area contributed by atoms with Crippen molar-refractivity contribution in [3.8, 4) is 5.75 Å². The normalized spacial score (nSPS) is 15.0. The zero-order valence-electron chi connectivity index (χ0n) is 16.2. The van der Waals surface area contributed by atoms with Gasteiger partial charge >= 0.3 is 0 Å². The lowest BCUT2D eigenvalue weighted by Gasteiger charge is -2.15. The van der Waals surface area contributed by atoms with E-state index in [1.54, 1.807) is 36.4 Å². The molecule has 0 saturated carbocycles. The number of rotatable bonds is 5. The Bertz CT molecular complexity index is 1250. The van der Waals surface area contributed by atoms with E-state index in [1.165, 1.54) is 28.8 Å². The number of hydrogen-bond acceptors (Lipinski definition) is 4. The fourth-order valence-electron chi connectivity index (χ4n) is 2.96. The van der Waals surface area contributed by atoms with Gasteiger partial charge in [-0.3, -0.25) is 9.69 Å². The molecular weight excluding hydrogens is 601 g/mol. The number of ether oxygens (including phenoxy) is 1. The van der Waals surface area contributed by atoms with Crippen molar-refractivity contribution in [2.45, 2.75) is 6.61 Å². The van der Waals surface area contributed by atoms with Crippen LogP contribution in [0, 0.1) is 5.82 Å². The maximum Gasteiger partial charge on any atom is 0.270 e. The number of carbonyl (C=O) groups excluding carboxylic acids is 1. The third-order valence-electron chi connectivity index (χ3n) is 4.52. The van der Waals surface area contributed by atoms with Gasteiger partial charge in [-0.25, -0.2) is 4.39 Å². The van der Waals surface area contributed by atoms with Crippen LogP contribution < -0.4 is 9.64 Å². The summed E-state index contributed by atoms with van der Waals surface area (Å²) in [7, 11) is 0. The van der Waals surface area contributed by atoms with Gasteiger partial charge in [0, 0.05) is 14.5 Å². The van der Waals surface area contributed by atoms with Gasteiger partial charge in [-0.05, 0) is 76.1 Å². The summed E-state index contributed by atoms with van der Waals surface area (Å²) < 4.78 is 21.1. The molecule has 0 aromatic heterocycles. The van der Waals surface area contributed by atoms with Crippen molar-refractivity contribution in [2.75, 3.05) is 4.90 Å². The van der Waals surface area contributed by atoms with Crippen LogP contribution in [0.1, 0.15) is 11.1 Å². The second-order valence-corrected chi connectivity index (χ2v) is 10.6. The zero-order chi connectivity index (χ0) is 22.8. The second-order valence-electron chi connectivity index (χ2n) is 6.71. The second kappa shape index (κ2) is 10.1. The summed E-state index contributed by atoms with van der Waals surface area (Å²) in [4.78, 5) is 15.1. The maximum atomic E-state index is 13.1. The highest BCUT2D eigenvalue weighted by atomic mass is 79.9. The van der Waals surface area contributed by atoms with Crippen molar-refractivity contribution in [1.29, 1.82) is 0 Å². The molecule has 0 unspecified atom stereocenters. The Morgan fingerprint density at radius 1 is 1.09 bits per heavy atom. The third-order valence-corrected chi connectivity index (χ3v) is 7.55. The summed E-state index contributed by atoms with van der Waals surface area (Å²) in [6, 6.07) is 16.9. The van der Waals surface area contributed by atoms with E-state index in [0.29, 0.717) is 25.7 Å². The summed E-state index contributed by atoms with van der Waals surface area (Å²) in [6.45, 7) is 0.265. The van der Waals surface area contributed by atoms with Gasteiger partial charge in [-0.2, -0.15) is 0 Å². The van der Waals surface area contributed by atoms with Gasteiger partial charge in [0.15, 0.2) is 4.32 Å². The van der Waals surface area contributed by atoms with Gasteiger partial charge in [-0.1, -0.05) is 63.6 Å². The van der Waals surface area contributed by atoms with Crippen LogP contribution in [0.2, 0.25) is 5.02 Å². The maximum absolute atomic E-state index is 13.1. The minimum atomic E-state index is -0.299. The Morgan fingerprint density at radius 2 is 1.84 bits per heavy atom. The summed E-state index contributed by atoms with van der Waals surface area (Å²) in [6.07, 6.45) is 1.75. The molecule has 9 heteroatoms. The van der Waals surface area contributed by atoms with E-state index in [0.717, 1.165) is 20.1 Å². The molecule has 1 heterocycles. The van der Waals surface area contributed by atoms with Crippen LogP contribution in [0.4, 0.5) is 10.1 Å². The molecule has 0 atom stereocenters. The first-order valence-corrected chi connectivity index (χ1v) is 12.4. The fourth-order valence-corrected chi connectivity index (χ4v) is 5.05. The quantitative estimate of drug-likeness (QED) is 0.216. The first kappa shape index (κ1) is 23.4. The summed E-state index contributed by atoms with van der Waals surface area (Å²) >= 11 is 19.7. The topological polar surface area (TPSA) is 29.5 Å². The summed E-state index contributed by atoms with van der Waals surface area (Å²) in [5.74, 6) is 0.0597. The molecule has 0 aliphatic carbocycles. The molecule has 1 aliphatic rings. The average molecular weight is 614 g/mol. The van der Waals surface area contributed by atoms with Crippen LogP contribution in [-0.2, 0) is 11.4 Å². The lowest BCUT2D eigenvalue weighted by atomic mass is 10.1. The van der Waals surface area contributed by atoms with E-state index in [2.05, 4.69) is 31.9 Å². The van der Waals surface area contributed by atoms with Crippen LogP contribution >= 0.6 is 67.4 Å². The lowest BCUT2D eigenvalue weighted by molar-refractivity contribution is -0.113. The van der Waals surface area contributed by atoms with Crippen LogP contribution in [-0.4, -0.2) is 10.2 Å². The number of anilines is 1. The fraction of sp³-hybridized carbons (Fsp3) is 0.0435. The number of nitrogens with zero attached hydrogens (tertiary/aromatic N) is 1. The molecule has 3 aromatic rings. The van der Waals surface area contributed by atoms with Crippen LogP contribution in [0.5, 0.6) is 5.75 Å². The molecular formula is C23H13Br2ClFNO2S2. The number of hydrogen-bond donors (Lipinski definition) is 0. The van der Waals surface area contributed by atoms with Crippen molar-refractivity contribution < 1.29 is 13.9 Å². The van der Waals surface area contributed by atoms with Crippen molar-refractivity contribution in [3.63, 3.8) is 0 Å².